The monoisotopic (exact) mass is 236 g/mol. The van der Waals surface area contributed by atoms with Crippen LogP contribution in [0, 0.1) is 6.92 Å². The number of aliphatic hydroxyl groups is 2. The van der Waals surface area contributed by atoms with Gasteiger partial charge in [0.15, 0.2) is 0 Å². The number of amides is 1. The molecule has 1 fully saturated rings. The molecule has 2 atom stereocenters. The summed E-state index contributed by atoms with van der Waals surface area (Å²) in [6.45, 7) is 2.19. The number of anilines is 1. The van der Waals surface area contributed by atoms with Crippen LogP contribution in [-0.4, -0.2) is 46.3 Å². The Balaban J connectivity index is 2.17. The number of β-amino-alcohol motifs (C(OH)–C–C–N with tert-alkyl or cyclic N) is 2. The molecule has 1 heterocycles. The van der Waals surface area contributed by atoms with Crippen molar-refractivity contribution in [2.24, 2.45) is 0 Å². The molecular weight excluding hydrogens is 220 g/mol. The van der Waals surface area contributed by atoms with E-state index in [1.54, 1.807) is 18.2 Å². The first kappa shape index (κ1) is 11.9. The summed E-state index contributed by atoms with van der Waals surface area (Å²) in [5.74, 6) is -0.215. The van der Waals surface area contributed by atoms with E-state index in [4.69, 9.17) is 5.73 Å². The first-order chi connectivity index (χ1) is 7.99. The molecule has 5 heteroatoms. The second kappa shape index (κ2) is 4.35. The van der Waals surface area contributed by atoms with Gasteiger partial charge in [-0.1, -0.05) is 6.07 Å². The van der Waals surface area contributed by atoms with Gasteiger partial charge in [0, 0.05) is 24.3 Å². The zero-order chi connectivity index (χ0) is 12.6. The summed E-state index contributed by atoms with van der Waals surface area (Å²) in [4.78, 5) is 13.5. The molecule has 0 aromatic heterocycles. The third-order valence-corrected chi connectivity index (χ3v) is 3.07. The summed E-state index contributed by atoms with van der Waals surface area (Å²) < 4.78 is 0. The first-order valence-corrected chi connectivity index (χ1v) is 5.50. The second-order valence-corrected chi connectivity index (χ2v) is 4.42. The van der Waals surface area contributed by atoms with E-state index in [1.165, 1.54) is 4.90 Å². The summed E-state index contributed by atoms with van der Waals surface area (Å²) >= 11 is 0. The quantitative estimate of drug-likeness (QED) is 0.587. The molecule has 1 aliphatic heterocycles. The molecule has 0 radical (unpaired) electrons. The average Bonchev–Trinajstić information content (AvgIpc) is 2.62. The van der Waals surface area contributed by atoms with Gasteiger partial charge < -0.3 is 20.8 Å². The number of rotatable bonds is 1. The lowest BCUT2D eigenvalue weighted by Gasteiger charge is -2.15. The molecule has 1 aromatic rings. The fourth-order valence-electron chi connectivity index (χ4n) is 1.89. The van der Waals surface area contributed by atoms with Crippen LogP contribution in [0.3, 0.4) is 0 Å². The predicted octanol–water partition coefficient (Wildman–Crippen LogP) is -0.245. The van der Waals surface area contributed by atoms with Crippen molar-refractivity contribution in [2.45, 2.75) is 19.1 Å². The third-order valence-electron chi connectivity index (χ3n) is 3.07. The predicted molar refractivity (Wildman–Crippen MR) is 63.5 cm³/mol. The highest BCUT2D eigenvalue weighted by molar-refractivity contribution is 5.95. The average molecular weight is 236 g/mol. The molecule has 1 amide bonds. The van der Waals surface area contributed by atoms with Crippen LogP contribution in [0.15, 0.2) is 18.2 Å². The minimum atomic E-state index is -0.859. The van der Waals surface area contributed by atoms with Crippen LogP contribution in [0.5, 0.6) is 0 Å². The Morgan fingerprint density at radius 3 is 2.47 bits per heavy atom. The number of nitrogens with two attached hydrogens (primary N) is 1. The van der Waals surface area contributed by atoms with Gasteiger partial charge in [-0.2, -0.15) is 0 Å². The van der Waals surface area contributed by atoms with E-state index in [0.29, 0.717) is 11.3 Å². The van der Waals surface area contributed by atoms with Crippen LogP contribution in [0.4, 0.5) is 5.69 Å². The van der Waals surface area contributed by atoms with Crippen LogP contribution in [-0.2, 0) is 0 Å². The van der Waals surface area contributed by atoms with E-state index in [9.17, 15) is 15.0 Å². The topological polar surface area (TPSA) is 86.8 Å². The molecule has 0 saturated carbocycles. The summed E-state index contributed by atoms with van der Waals surface area (Å²) in [6.07, 6.45) is -1.72. The molecule has 5 nitrogen and oxygen atoms in total. The Hall–Kier alpha value is -1.59. The normalized spacial score (nSPS) is 24.1. The molecule has 1 saturated heterocycles. The van der Waals surface area contributed by atoms with Gasteiger partial charge in [0.25, 0.3) is 5.91 Å². The van der Waals surface area contributed by atoms with Gasteiger partial charge >= 0.3 is 0 Å². The van der Waals surface area contributed by atoms with Crippen molar-refractivity contribution in [2.75, 3.05) is 18.8 Å². The number of carbonyl (C=O) groups is 1. The molecule has 0 bridgehead atoms. The standard InChI is InChI=1S/C12H16N2O3/c1-7-2-3-8(4-9(7)13)12(17)14-5-10(15)11(16)6-14/h2-4,10-11,15-16H,5-6,13H2,1H3. The van der Waals surface area contributed by atoms with Crippen LogP contribution in [0.1, 0.15) is 15.9 Å². The van der Waals surface area contributed by atoms with E-state index >= 15 is 0 Å². The summed E-state index contributed by atoms with van der Waals surface area (Å²) in [5.41, 5.74) is 7.71. The maximum Gasteiger partial charge on any atom is 0.254 e. The third kappa shape index (κ3) is 2.25. The maximum atomic E-state index is 12.0. The Labute approximate surface area is 99.5 Å². The fraction of sp³-hybridized carbons (Fsp3) is 0.417. The minimum Gasteiger partial charge on any atom is -0.398 e. The largest absolute Gasteiger partial charge is 0.398 e. The molecule has 4 N–H and O–H groups in total. The molecule has 2 unspecified atom stereocenters. The summed E-state index contributed by atoms with van der Waals surface area (Å²) in [6, 6.07) is 5.10. The minimum absolute atomic E-state index is 0.160. The fourth-order valence-corrected chi connectivity index (χ4v) is 1.89. The Bertz CT molecular complexity index is 437. The van der Waals surface area contributed by atoms with Crippen molar-refractivity contribution >= 4 is 11.6 Å². The van der Waals surface area contributed by atoms with E-state index < -0.39 is 12.2 Å². The number of likely N-dealkylation sites (tertiary alicyclic amines) is 1. The summed E-state index contributed by atoms with van der Waals surface area (Å²) in [5, 5.41) is 18.8. The number of carbonyl (C=O) groups excluding carboxylic acids is 1. The van der Waals surface area contributed by atoms with Crippen molar-refractivity contribution in [3.63, 3.8) is 0 Å². The van der Waals surface area contributed by atoms with Gasteiger partial charge in [0.1, 0.15) is 0 Å². The Morgan fingerprint density at radius 2 is 1.94 bits per heavy atom. The first-order valence-electron chi connectivity index (χ1n) is 5.50. The van der Waals surface area contributed by atoms with Crippen LogP contribution >= 0.6 is 0 Å². The highest BCUT2D eigenvalue weighted by Crippen LogP contribution is 2.18. The molecule has 92 valence electrons. The highest BCUT2D eigenvalue weighted by Gasteiger charge is 2.32. The van der Waals surface area contributed by atoms with Gasteiger partial charge in [-0.15, -0.1) is 0 Å². The number of aliphatic hydroxyl groups excluding tert-OH is 2. The molecule has 1 aromatic carbocycles. The number of aryl methyl sites for hydroxylation is 1. The Kier molecular flexibility index (Phi) is 3.04. The molecule has 0 aliphatic carbocycles. The molecule has 2 rings (SSSR count). The molecular formula is C12H16N2O3. The molecule has 17 heavy (non-hydrogen) atoms. The highest BCUT2D eigenvalue weighted by atomic mass is 16.3. The van der Waals surface area contributed by atoms with Gasteiger partial charge in [0.05, 0.1) is 12.2 Å². The van der Waals surface area contributed by atoms with Gasteiger partial charge in [0.2, 0.25) is 0 Å². The van der Waals surface area contributed by atoms with Crippen molar-refractivity contribution in [3.05, 3.63) is 29.3 Å². The summed E-state index contributed by atoms with van der Waals surface area (Å²) in [7, 11) is 0. The van der Waals surface area contributed by atoms with Gasteiger partial charge in [-0.25, -0.2) is 0 Å². The van der Waals surface area contributed by atoms with E-state index in [0.717, 1.165) is 5.56 Å². The lowest BCUT2D eigenvalue weighted by Crippen LogP contribution is -2.29. The van der Waals surface area contributed by atoms with Crippen LogP contribution in [0.25, 0.3) is 0 Å². The zero-order valence-electron chi connectivity index (χ0n) is 9.63. The molecule has 0 spiro atoms. The van der Waals surface area contributed by atoms with E-state index in [1.807, 2.05) is 6.92 Å². The van der Waals surface area contributed by atoms with Crippen molar-refractivity contribution in [3.8, 4) is 0 Å². The zero-order valence-corrected chi connectivity index (χ0v) is 9.63. The van der Waals surface area contributed by atoms with E-state index in [-0.39, 0.29) is 19.0 Å². The number of nitrogen functional groups attached to an aromatic ring is 1. The molecule has 1 aliphatic rings. The van der Waals surface area contributed by atoms with Crippen molar-refractivity contribution < 1.29 is 15.0 Å². The smallest absolute Gasteiger partial charge is 0.254 e. The number of benzene rings is 1. The van der Waals surface area contributed by atoms with E-state index in [2.05, 4.69) is 0 Å². The lowest BCUT2D eigenvalue weighted by atomic mass is 10.1. The number of hydrogen-bond acceptors (Lipinski definition) is 4. The van der Waals surface area contributed by atoms with Gasteiger partial charge in [-0.05, 0) is 24.6 Å². The van der Waals surface area contributed by atoms with Gasteiger partial charge in [-0.3, -0.25) is 4.79 Å². The second-order valence-electron chi connectivity index (χ2n) is 4.42. The number of nitrogens with zero attached hydrogens (tertiary/aromatic N) is 1. The van der Waals surface area contributed by atoms with Crippen molar-refractivity contribution in [1.29, 1.82) is 0 Å². The van der Waals surface area contributed by atoms with Crippen LogP contribution in [0.2, 0.25) is 0 Å². The van der Waals surface area contributed by atoms with Crippen LogP contribution < -0.4 is 5.73 Å². The lowest BCUT2D eigenvalue weighted by molar-refractivity contribution is 0.0572. The number of hydrogen-bond donors (Lipinski definition) is 3. The van der Waals surface area contributed by atoms with Crippen molar-refractivity contribution in [1.82, 2.24) is 4.90 Å². The maximum absolute atomic E-state index is 12.0. The Morgan fingerprint density at radius 1 is 1.35 bits per heavy atom. The SMILES string of the molecule is Cc1ccc(C(=O)N2CC(O)C(O)C2)cc1N.